The first kappa shape index (κ1) is 17.2. The Hall–Kier alpha value is -0.870. The van der Waals surface area contributed by atoms with Crippen molar-refractivity contribution in [2.24, 2.45) is 5.92 Å². The molecule has 1 aromatic rings. The molecule has 4 heteroatoms. The lowest BCUT2D eigenvalue weighted by Gasteiger charge is -2.23. The summed E-state index contributed by atoms with van der Waals surface area (Å²) in [5, 5.41) is 0. The van der Waals surface area contributed by atoms with Gasteiger partial charge in [0.15, 0.2) is 0 Å². The number of rotatable bonds is 7. The van der Waals surface area contributed by atoms with Gasteiger partial charge in [0.1, 0.15) is 0 Å². The zero-order chi connectivity index (χ0) is 15.4. The molecule has 0 radical (unpaired) electrons. The monoisotopic (exact) mass is 298 g/mol. The van der Waals surface area contributed by atoms with Gasteiger partial charge in [-0.25, -0.2) is 0 Å². The predicted octanol–water partition coefficient (Wildman–Crippen LogP) is 3.53. The van der Waals surface area contributed by atoms with E-state index < -0.39 is 10.1 Å². The van der Waals surface area contributed by atoms with E-state index in [2.05, 4.69) is 45.0 Å². The Bertz CT molecular complexity index is 515. The minimum Gasteiger partial charge on any atom is -0.270 e. The Morgan fingerprint density at radius 2 is 1.75 bits per heavy atom. The van der Waals surface area contributed by atoms with Gasteiger partial charge in [0.05, 0.1) is 12.9 Å². The molecule has 0 bridgehead atoms. The van der Waals surface area contributed by atoms with Gasteiger partial charge in [-0.15, -0.1) is 0 Å². The van der Waals surface area contributed by atoms with Crippen molar-refractivity contribution in [1.29, 1.82) is 0 Å². The van der Waals surface area contributed by atoms with E-state index in [0.29, 0.717) is 0 Å². The molecular formula is C16H26O3S. The van der Waals surface area contributed by atoms with Crippen molar-refractivity contribution in [3.63, 3.8) is 0 Å². The fourth-order valence-electron chi connectivity index (χ4n) is 2.00. The molecule has 0 N–H and O–H groups in total. The number of hydrogen-bond acceptors (Lipinski definition) is 3. The highest BCUT2D eigenvalue weighted by atomic mass is 32.2. The van der Waals surface area contributed by atoms with E-state index in [9.17, 15) is 8.42 Å². The fraction of sp³-hybridized carbons (Fsp3) is 0.625. The summed E-state index contributed by atoms with van der Waals surface area (Å²) in [4.78, 5) is 0. The molecule has 0 aliphatic rings. The summed E-state index contributed by atoms with van der Waals surface area (Å²) in [5.74, 6) is 0.176. The SMILES string of the molecule is CCC(C)(C)c1ccc(CC(C)COS(C)(=O)=O)cc1. The summed E-state index contributed by atoms with van der Waals surface area (Å²) in [6.45, 7) is 8.91. The highest BCUT2D eigenvalue weighted by Crippen LogP contribution is 2.27. The first-order chi connectivity index (χ1) is 9.14. The minimum absolute atomic E-state index is 0.176. The maximum absolute atomic E-state index is 11.0. The van der Waals surface area contributed by atoms with E-state index in [0.717, 1.165) is 19.1 Å². The van der Waals surface area contributed by atoms with Crippen LogP contribution in [0.1, 0.15) is 45.2 Å². The Morgan fingerprint density at radius 3 is 2.20 bits per heavy atom. The van der Waals surface area contributed by atoms with Gasteiger partial charge in [0.25, 0.3) is 10.1 Å². The third kappa shape index (κ3) is 5.63. The molecule has 0 aromatic heterocycles. The highest BCUT2D eigenvalue weighted by molar-refractivity contribution is 7.85. The summed E-state index contributed by atoms with van der Waals surface area (Å²) < 4.78 is 26.7. The van der Waals surface area contributed by atoms with Crippen LogP contribution in [0.2, 0.25) is 0 Å². The molecule has 1 atom stereocenters. The third-order valence-electron chi connectivity index (χ3n) is 3.77. The Labute approximate surface area is 123 Å². The molecule has 0 aliphatic heterocycles. The largest absolute Gasteiger partial charge is 0.270 e. The van der Waals surface area contributed by atoms with E-state index >= 15 is 0 Å². The second kappa shape index (κ2) is 6.72. The lowest BCUT2D eigenvalue weighted by atomic mass is 9.82. The molecule has 3 nitrogen and oxygen atoms in total. The Kier molecular flexibility index (Phi) is 5.78. The molecule has 1 unspecified atom stereocenters. The van der Waals surface area contributed by atoms with Gasteiger partial charge in [-0.05, 0) is 35.3 Å². The first-order valence-corrected chi connectivity index (χ1v) is 8.89. The van der Waals surface area contributed by atoms with Crippen LogP contribution >= 0.6 is 0 Å². The van der Waals surface area contributed by atoms with Crippen molar-refractivity contribution in [1.82, 2.24) is 0 Å². The summed E-state index contributed by atoms with van der Waals surface area (Å²) >= 11 is 0. The van der Waals surface area contributed by atoms with Crippen LogP contribution in [0.25, 0.3) is 0 Å². The van der Waals surface area contributed by atoms with Crippen LogP contribution in [0.5, 0.6) is 0 Å². The van der Waals surface area contributed by atoms with Gasteiger partial charge in [-0.2, -0.15) is 8.42 Å². The van der Waals surface area contributed by atoms with Crippen molar-refractivity contribution < 1.29 is 12.6 Å². The summed E-state index contributed by atoms with van der Waals surface area (Å²) in [7, 11) is -3.34. The van der Waals surface area contributed by atoms with Crippen LogP contribution in [-0.2, 0) is 26.1 Å². The average Bonchev–Trinajstić information content (AvgIpc) is 2.36. The molecule has 0 heterocycles. The van der Waals surface area contributed by atoms with Crippen LogP contribution in [0.15, 0.2) is 24.3 Å². The number of hydrogen-bond donors (Lipinski definition) is 0. The highest BCUT2D eigenvalue weighted by Gasteiger charge is 2.17. The average molecular weight is 298 g/mol. The molecule has 0 aliphatic carbocycles. The summed E-state index contributed by atoms with van der Waals surface area (Å²) in [6.07, 6.45) is 3.01. The maximum atomic E-state index is 11.0. The molecule has 0 amide bonds. The van der Waals surface area contributed by atoms with Gasteiger partial charge in [-0.1, -0.05) is 52.0 Å². The van der Waals surface area contributed by atoms with Crippen molar-refractivity contribution in [3.05, 3.63) is 35.4 Å². The standard InChI is InChI=1S/C16H26O3S/c1-6-16(3,4)15-9-7-14(8-10-15)11-13(2)12-19-20(5,17)18/h7-10,13H,6,11-12H2,1-5H3. The second-order valence-electron chi connectivity index (χ2n) is 6.23. The first-order valence-electron chi connectivity index (χ1n) is 7.08. The van der Waals surface area contributed by atoms with Gasteiger partial charge in [-0.3, -0.25) is 4.18 Å². The minimum atomic E-state index is -3.34. The molecule has 0 saturated carbocycles. The van der Waals surface area contributed by atoms with E-state index in [4.69, 9.17) is 4.18 Å². The molecule has 1 rings (SSSR count). The van der Waals surface area contributed by atoms with Crippen LogP contribution in [-0.4, -0.2) is 21.3 Å². The molecule has 114 valence electrons. The molecule has 1 aromatic carbocycles. The Balaban J connectivity index is 2.62. The molecule has 20 heavy (non-hydrogen) atoms. The molecular weight excluding hydrogens is 272 g/mol. The van der Waals surface area contributed by atoms with E-state index in [1.54, 1.807) is 0 Å². The van der Waals surface area contributed by atoms with Gasteiger partial charge >= 0.3 is 0 Å². The van der Waals surface area contributed by atoms with Gasteiger partial charge in [0.2, 0.25) is 0 Å². The second-order valence-corrected chi connectivity index (χ2v) is 7.88. The Morgan fingerprint density at radius 1 is 1.20 bits per heavy atom. The topological polar surface area (TPSA) is 43.4 Å². The van der Waals surface area contributed by atoms with Crippen molar-refractivity contribution in [3.8, 4) is 0 Å². The zero-order valence-electron chi connectivity index (χ0n) is 13.1. The fourth-order valence-corrected chi connectivity index (χ4v) is 2.48. The lowest BCUT2D eigenvalue weighted by molar-refractivity contribution is 0.266. The van der Waals surface area contributed by atoms with E-state index in [1.807, 2.05) is 6.92 Å². The van der Waals surface area contributed by atoms with Crippen LogP contribution in [0.4, 0.5) is 0 Å². The van der Waals surface area contributed by atoms with Gasteiger partial charge < -0.3 is 0 Å². The van der Waals surface area contributed by atoms with Crippen molar-refractivity contribution >= 4 is 10.1 Å². The van der Waals surface area contributed by atoms with E-state index in [-0.39, 0.29) is 17.9 Å². The van der Waals surface area contributed by atoms with Crippen LogP contribution < -0.4 is 0 Å². The smallest absolute Gasteiger partial charge is 0.264 e. The summed E-state index contributed by atoms with van der Waals surface area (Å²) in [6, 6.07) is 8.60. The lowest BCUT2D eigenvalue weighted by Crippen LogP contribution is -2.16. The normalized spacial score (nSPS) is 14.2. The zero-order valence-corrected chi connectivity index (χ0v) is 14.0. The molecule has 0 spiro atoms. The van der Waals surface area contributed by atoms with Crippen molar-refractivity contribution in [2.45, 2.75) is 46.0 Å². The van der Waals surface area contributed by atoms with Gasteiger partial charge in [0, 0.05) is 0 Å². The molecule has 0 fully saturated rings. The van der Waals surface area contributed by atoms with E-state index in [1.165, 1.54) is 11.1 Å². The predicted molar refractivity (Wildman–Crippen MR) is 83.4 cm³/mol. The quantitative estimate of drug-likeness (QED) is 0.723. The maximum Gasteiger partial charge on any atom is 0.264 e. The third-order valence-corrected chi connectivity index (χ3v) is 4.33. The van der Waals surface area contributed by atoms with Crippen molar-refractivity contribution in [2.75, 3.05) is 12.9 Å². The summed E-state index contributed by atoms with van der Waals surface area (Å²) in [5.41, 5.74) is 2.75. The number of benzene rings is 1. The van der Waals surface area contributed by atoms with Crippen LogP contribution in [0, 0.1) is 5.92 Å². The van der Waals surface area contributed by atoms with Crippen LogP contribution in [0.3, 0.4) is 0 Å². The molecule has 0 saturated heterocycles.